The number of hydrogen-bond donors (Lipinski definition) is 0. The number of piperazine rings is 1. The van der Waals surface area contributed by atoms with Crippen LogP contribution in [0.1, 0.15) is 23.6 Å². The number of anilines is 2. The van der Waals surface area contributed by atoms with Crippen LogP contribution < -0.4 is 9.80 Å². The van der Waals surface area contributed by atoms with Crippen LogP contribution in [0.2, 0.25) is 0 Å². The van der Waals surface area contributed by atoms with Crippen molar-refractivity contribution in [3.63, 3.8) is 0 Å². The second-order valence-corrected chi connectivity index (χ2v) is 9.92. The predicted octanol–water partition coefficient (Wildman–Crippen LogP) is 4.51. The number of rotatable bonds is 10. The average Bonchev–Trinajstić information content (AvgIpc) is 3.65. The number of halogens is 1. The van der Waals surface area contributed by atoms with Crippen molar-refractivity contribution in [3.05, 3.63) is 100 Å². The lowest BCUT2D eigenvalue weighted by Crippen LogP contribution is -2.49. The standard InChI is InChI=1S/C27H27FN6O4S/c28-21-5-3-20(4-6-21)18-25-29-27(39-30-25)33(19-24-2-1-17-38-24)12-11-26(35)32-15-13-31(14-16-32)22-7-9-23(10-8-22)34(36)37/h1-10,17H,11-16,18-19H2. The van der Waals surface area contributed by atoms with E-state index in [1.54, 1.807) is 30.5 Å². The van der Waals surface area contributed by atoms with Gasteiger partial charge >= 0.3 is 0 Å². The minimum atomic E-state index is -0.413. The molecule has 1 saturated heterocycles. The zero-order valence-electron chi connectivity index (χ0n) is 21.1. The third-order valence-electron chi connectivity index (χ3n) is 6.58. The summed E-state index contributed by atoms with van der Waals surface area (Å²) in [6.45, 7) is 3.38. The number of furan rings is 1. The minimum Gasteiger partial charge on any atom is -0.467 e. The van der Waals surface area contributed by atoms with Crippen LogP contribution in [0.25, 0.3) is 0 Å². The van der Waals surface area contributed by atoms with Crippen molar-refractivity contribution in [3.8, 4) is 0 Å². The van der Waals surface area contributed by atoms with Crippen molar-refractivity contribution in [2.24, 2.45) is 0 Å². The number of carbonyl (C=O) groups excluding carboxylic acids is 1. The van der Waals surface area contributed by atoms with Crippen LogP contribution in [0.4, 0.5) is 20.9 Å². The van der Waals surface area contributed by atoms with E-state index in [2.05, 4.69) is 14.3 Å². The zero-order valence-corrected chi connectivity index (χ0v) is 21.9. The van der Waals surface area contributed by atoms with Gasteiger partial charge in [0.05, 0.1) is 17.7 Å². The molecule has 39 heavy (non-hydrogen) atoms. The maximum atomic E-state index is 13.2. The average molecular weight is 551 g/mol. The van der Waals surface area contributed by atoms with Crippen LogP contribution in [-0.2, 0) is 17.8 Å². The molecule has 1 aliphatic rings. The Morgan fingerprint density at radius 2 is 1.82 bits per heavy atom. The second-order valence-electron chi connectivity index (χ2n) is 9.19. The molecule has 1 amide bonds. The monoisotopic (exact) mass is 550 g/mol. The molecule has 202 valence electrons. The van der Waals surface area contributed by atoms with Gasteiger partial charge in [0.25, 0.3) is 5.69 Å². The van der Waals surface area contributed by atoms with Crippen LogP contribution in [0.15, 0.2) is 71.3 Å². The number of carbonyl (C=O) groups is 1. The first-order valence-electron chi connectivity index (χ1n) is 12.6. The molecular formula is C27H27FN6O4S. The molecule has 0 spiro atoms. The molecule has 1 fully saturated rings. The first kappa shape index (κ1) is 26.3. The molecule has 2 aromatic carbocycles. The maximum Gasteiger partial charge on any atom is 0.269 e. The molecule has 0 atom stereocenters. The Morgan fingerprint density at radius 1 is 1.08 bits per heavy atom. The highest BCUT2D eigenvalue weighted by molar-refractivity contribution is 7.09. The highest BCUT2D eigenvalue weighted by Gasteiger charge is 2.23. The van der Waals surface area contributed by atoms with Crippen LogP contribution in [0, 0.1) is 15.9 Å². The number of non-ortho nitro benzene ring substituents is 1. The second kappa shape index (κ2) is 12.0. The van der Waals surface area contributed by atoms with E-state index in [9.17, 15) is 19.3 Å². The molecule has 0 unspecified atom stereocenters. The van der Waals surface area contributed by atoms with E-state index in [0.717, 1.165) is 17.0 Å². The summed E-state index contributed by atoms with van der Waals surface area (Å²) in [5.41, 5.74) is 1.89. The summed E-state index contributed by atoms with van der Waals surface area (Å²) in [5, 5.41) is 11.6. The topological polar surface area (TPSA) is 109 Å². The number of nitrogens with zero attached hydrogens (tertiary/aromatic N) is 6. The fraction of sp³-hybridized carbons (Fsp3) is 0.296. The highest BCUT2D eigenvalue weighted by atomic mass is 32.1. The largest absolute Gasteiger partial charge is 0.467 e. The fourth-order valence-electron chi connectivity index (χ4n) is 4.45. The Balaban J connectivity index is 1.18. The summed E-state index contributed by atoms with van der Waals surface area (Å²) in [6.07, 6.45) is 2.41. The molecule has 10 nitrogen and oxygen atoms in total. The molecule has 2 aromatic heterocycles. The molecule has 0 radical (unpaired) electrons. The van der Waals surface area contributed by atoms with E-state index in [4.69, 9.17) is 4.42 Å². The number of hydrogen-bond acceptors (Lipinski definition) is 9. The van der Waals surface area contributed by atoms with Gasteiger partial charge in [0.15, 0.2) is 0 Å². The van der Waals surface area contributed by atoms with Gasteiger partial charge in [-0.05, 0) is 42.0 Å². The summed E-state index contributed by atoms with van der Waals surface area (Å²) in [5.74, 6) is 1.17. The Bertz CT molecular complexity index is 1390. The van der Waals surface area contributed by atoms with Crippen molar-refractivity contribution in [2.45, 2.75) is 19.4 Å². The first-order valence-corrected chi connectivity index (χ1v) is 13.3. The minimum absolute atomic E-state index is 0.0545. The molecule has 3 heterocycles. The smallest absolute Gasteiger partial charge is 0.269 e. The normalized spacial score (nSPS) is 13.5. The molecular weight excluding hydrogens is 523 g/mol. The fourth-order valence-corrected chi connectivity index (χ4v) is 5.16. The van der Waals surface area contributed by atoms with Crippen LogP contribution in [0.5, 0.6) is 0 Å². The Morgan fingerprint density at radius 3 is 2.49 bits per heavy atom. The summed E-state index contributed by atoms with van der Waals surface area (Å²) in [7, 11) is 0. The van der Waals surface area contributed by atoms with Gasteiger partial charge in [-0.15, -0.1) is 0 Å². The summed E-state index contributed by atoms with van der Waals surface area (Å²) in [4.78, 5) is 34.2. The zero-order chi connectivity index (χ0) is 27.2. The number of nitro groups is 1. The number of amides is 1. The molecule has 0 saturated carbocycles. The van der Waals surface area contributed by atoms with Gasteiger partial charge in [-0.3, -0.25) is 14.9 Å². The van der Waals surface area contributed by atoms with Crippen LogP contribution in [0.3, 0.4) is 0 Å². The quantitative estimate of drug-likeness (QED) is 0.210. The van der Waals surface area contributed by atoms with E-state index in [0.29, 0.717) is 63.1 Å². The number of nitro benzene ring substituents is 1. The van der Waals surface area contributed by atoms with Crippen molar-refractivity contribution in [1.29, 1.82) is 0 Å². The van der Waals surface area contributed by atoms with Gasteiger partial charge < -0.3 is 19.1 Å². The van der Waals surface area contributed by atoms with Gasteiger partial charge in [0.1, 0.15) is 17.4 Å². The Kier molecular flexibility index (Phi) is 8.11. The molecule has 0 aliphatic carbocycles. The third-order valence-corrected chi connectivity index (χ3v) is 7.40. The molecule has 0 bridgehead atoms. The lowest BCUT2D eigenvalue weighted by molar-refractivity contribution is -0.384. The number of aromatic nitrogens is 2. The van der Waals surface area contributed by atoms with Gasteiger partial charge in [-0.2, -0.15) is 4.37 Å². The van der Waals surface area contributed by atoms with Crippen molar-refractivity contribution >= 4 is 33.9 Å². The predicted molar refractivity (Wildman–Crippen MR) is 145 cm³/mol. The van der Waals surface area contributed by atoms with E-state index in [-0.39, 0.29) is 17.4 Å². The van der Waals surface area contributed by atoms with Crippen molar-refractivity contribution in [2.75, 3.05) is 42.5 Å². The number of benzene rings is 2. The highest BCUT2D eigenvalue weighted by Crippen LogP contribution is 2.23. The molecule has 0 N–H and O–H groups in total. The summed E-state index contributed by atoms with van der Waals surface area (Å²) >= 11 is 1.27. The summed E-state index contributed by atoms with van der Waals surface area (Å²) in [6, 6.07) is 16.5. The maximum absolute atomic E-state index is 13.2. The lowest BCUT2D eigenvalue weighted by Gasteiger charge is -2.36. The van der Waals surface area contributed by atoms with Gasteiger partial charge in [0, 0.05) is 74.9 Å². The molecule has 12 heteroatoms. The van der Waals surface area contributed by atoms with E-state index >= 15 is 0 Å². The van der Waals surface area contributed by atoms with Gasteiger partial charge in [0.2, 0.25) is 11.0 Å². The van der Waals surface area contributed by atoms with Crippen LogP contribution in [-0.4, -0.2) is 57.8 Å². The Labute approximate surface area is 228 Å². The SMILES string of the molecule is O=C(CCN(Cc1ccco1)c1nc(Cc2ccc(F)cc2)ns1)N1CCN(c2ccc([N+](=O)[O-])cc2)CC1. The van der Waals surface area contributed by atoms with Crippen molar-refractivity contribution < 1.29 is 18.5 Å². The third kappa shape index (κ3) is 6.77. The first-order chi connectivity index (χ1) is 18.9. The van der Waals surface area contributed by atoms with E-state index in [1.807, 2.05) is 21.9 Å². The van der Waals surface area contributed by atoms with Gasteiger partial charge in [-0.1, -0.05) is 12.1 Å². The van der Waals surface area contributed by atoms with E-state index in [1.165, 1.54) is 35.8 Å². The molecule has 4 aromatic rings. The van der Waals surface area contributed by atoms with Crippen LogP contribution >= 0.6 is 11.5 Å². The summed E-state index contributed by atoms with van der Waals surface area (Å²) < 4.78 is 23.3. The molecule has 5 rings (SSSR count). The Hall–Kier alpha value is -4.32. The lowest BCUT2D eigenvalue weighted by atomic mass is 10.1. The molecule has 1 aliphatic heterocycles. The van der Waals surface area contributed by atoms with E-state index < -0.39 is 4.92 Å². The van der Waals surface area contributed by atoms with Crippen molar-refractivity contribution in [1.82, 2.24) is 14.3 Å². The van der Waals surface area contributed by atoms with Gasteiger partial charge in [-0.25, -0.2) is 9.37 Å².